The van der Waals surface area contributed by atoms with E-state index >= 15 is 0 Å². The van der Waals surface area contributed by atoms with E-state index in [1.165, 1.54) is 6.20 Å². The zero-order valence-corrected chi connectivity index (χ0v) is 11.8. The lowest BCUT2D eigenvalue weighted by Gasteiger charge is -2.34. The number of ether oxygens (including phenoxy) is 1. The largest absolute Gasteiger partial charge is 0.394 e. The lowest BCUT2D eigenvalue weighted by atomic mass is 10.00. The van der Waals surface area contributed by atoms with E-state index in [0.29, 0.717) is 24.1 Å². The Morgan fingerprint density at radius 2 is 2.14 bits per heavy atom. The molecule has 1 fully saturated rings. The Labute approximate surface area is 127 Å². The number of carbonyl (C=O) groups is 1. The van der Waals surface area contributed by atoms with Gasteiger partial charge in [-0.3, -0.25) is 9.78 Å². The van der Waals surface area contributed by atoms with Crippen molar-refractivity contribution >= 4 is 16.9 Å². The monoisotopic (exact) mass is 303 g/mol. The second-order valence-electron chi connectivity index (χ2n) is 5.19. The van der Waals surface area contributed by atoms with Crippen LogP contribution in [-0.2, 0) is 4.74 Å². The number of benzene rings is 1. The minimum absolute atomic E-state index is 0.193. The molecule has 22 heavy (non-hydrogen) atoms. The Morgan fingerprint density at radius 1 is 1.36 bits per heavy atom. The number of aliphatic hydroxyl groups is 2. The van der Waals surface area contributed by atoms with Crippen LogP contribution >= 0.6 is 0 Å². The molecule has 3 rings (SSSR count). The molecule has 7 nitrogen and oxygen atoms in total. The van der Waals surface area contributed by atoms with Gasteiger partial charge in [0.2, 0.25) is 0 Å². The summed E-state index contributed by atoms with van der Waals surface area (Å²) in [6.45, 7) is 0.0833. The van der Waals surface area contributed by atoms with Gasteiger partial charge in [-0.1, -0.05) is 12.1 Å². The third kappa shape index (κ3) is 2.92. The first-order valence-electron chi connectivity index (χ1n) is 7.12. The zero-order valence-electron chi connectivity index (χ0n) is 11.8. The summed E-state index contributed by atoms with van der Waals surface area (Å²) < 4.78 is 5.24. The van der Waals surface area contributed by atoms with Crippen molar-refractivity contribution < 1.29 is 19.7 Å². The van der Waals surface area contributed by atoms with Gasteiger partial charge in [-0.2, -0.15) is 0 Å². The van der Waals surface area contributed by atoms with Gasteiger partial charge in [0, 0.05) is 6.61 Å². The van der Waals surface area contributed by atoms with E-state index in [1.807, 2.05) is 18.2 Å². The van der Waals surface area contributed by atoms with Crippen LogP contribution < -0.4 is 5.32 Å². The van der Waals surface area contributed by atoms with E-state index in [9.17, 15) is 9.90 Å². The molecule has 3 N–H and O–H groups in total. The first-order chi connectivity index (χ1) is 10.7. The second-order valence-corrected chi connectivity index (χ2v) is 5.19. The first-order valence-corrected chi connectivity index (χ1v) is 7.12. The van der Waals surface area contributed by atoms with E-state index in [4.69, 9.17) is 9.84 Å². The van der Waals surface area contributed by atoms with Gasteiger partial charge < -0.3 is 20.3 Å². The summed E-state index contributed by atoms with van der Waals surface area (Å²) in [6.07, 6.45) is 0.259. The molecular formula is C15H17N3O4. The van der Waals surface area contributed by atoms with Crippen molar-refractivity contribution in [1.82, 2.24) is 15.3 Å². The summed E-state index contributed by atoms with van der Waals surface area (Å²) in [5.41, 5.74) is 1.54. The van der Waals surface area contributed by atoms with Crippen molar-refractivity contribution in [3.8, 4) is 0 Å². The summed E-state index contributed by atoms with van der Waals surface area (Å²) in [6, 6.07) is 6.80. The van der Waals surface area contributed by atoms with Crippen molar-refractivity contribution in [2.24, 2.45) is 0 Å². The molecule has 3 atom stereocenters. The van der Waals surface area contributed by atoms with Gasteiger partial charge in [-0.25, -0.2) is 4.98 Å². The number of hydrogen-bond acceptors (Lipinski definition) is 6. The van der Waals surface area contributed by atoms with Crippen LogP contribution in [0.3, 0.4) is 0 Å². The van der Waals surface area contributed by atoms with Crippen LogP contribution in [0, 0.1) is 0 Å². The predicted molar refractivity (Wildman–Crippen MR) is 78.2 cm³/mol. The SMILES string of the molecule is O=C(N[C@H]1CCO[C@H](CO)[C@H]1O)c1cnc2ccccc2n1. The minimum atomic E-state index is -0.948. The number of amides is 1. The zero-order chi connectivity index (χ0) is 15.5. The highest BCUT2D eigenvalue weighted by Gasteiger charge is 2.33. The molecule has 0 bridgehead atoms. The van der Waals surface area contributed by atoms with Crippen molar-refractivity contribution in [2.75, 3.05) is 13.2 Å². The Kier molecular flexibility index (Phi) is 4.28. The number of aliphatic hydroxyl groups excluding tert-OH is 2. The molecule has 7 heteroatoms. The number of nitrogens with one attached hydrogen (secondary N) is 1. The van der Waals surface area contributed by atoms with Crippen LogP contribution in [0.25, 0.3) is 11.0 Å². The molecule has 116 valence electrons. The average molecular weight is 303 g/mol. The molecular weight excluding hydrogens is 286 g/mol. The van der Waals surface area contributed by atoms with Gasteiger partial charge in [0.25, 0.3) is 5.91 Å². The molecule has 1 aliphatic heterocycles. The molecule has 1 saturated heterocycles. The molecule has 1 aromatic carbocycles. The lowest BCUT2D eigenvalue weighted by molar-refractivity contribution is -0.107. The quantitative estimate of drug-likeness (QED) is 0.729. The Bertz CT molecular complexity index is 679. The van der Waals surface area contributed by atoms with Gasteiger partial charge in [0.15, 0.2) is 0 Å². The number of rotatable bonds is 3. The van der Waals surface area contributed by atoms with Crippen molar-refractivity contribution in [3.05, 3.63) is 36.2 Å². The number of aromatic nitrogens is 2. The number of carbonyl (C=O) groups excluding carboxylic acids is 1. The highest BCUT2D eigenvalue weighted by molar-refractivity contribution is 5.93. The van der Waals surface area contributed by atoms with Gasteiger partial charge >= 0.3 is 0 Å². The van der Waals surface area contributed by atoms with E-state index in [1.54, 1.807) is 6.07 Å². The van der Waals surface area contributed by atoms with Gasteiger partial charge in [-0.15, -0.1) is 0 Å². The maximum atomic E-state index is 12.3. The third-order valence-corrected chi connectivity index (χ3v) is 3.73. The molecule has 2 aromatic rings. The first kappa shape index (κ1) is 14.8. The number of nitrogens with zero attached hydrogens (tertiary/aromatic N) is 2. The van der Waals surface area contributed by atoms with Gasteiger partial charge in [-0.05, 0) is 18.6 Å². The van der Waals surface area contributed by atoms with Crippen molar-refractivity contribution in [2.45, 2.75) is 24.7 Å². The summed E-state index contributed by atoms with van der Waals surface area (Å²) >= 11 is 0. The molecule has 2 heterocycles. The van der Waals surface area contributed by atoms with Gasteiger partial charge in [0.05, 0.1) is 29.9 Å². The third-order valence-electron chi connectivity index (χ3n) is 3.73. The highest BCUT2D eigenvalue weighted by atomic mass is 16.5. The van der Waals surface area contributed by atoms with Crippen LogP contribution in [0.5, 0.6) is 0 Å². The summed E-state index contributed by atoms with van der Waals surface area (Å²) in [4.78, 5) is 20.7. The number of para-hydroxylation sites is 2. The smallest absolute Gasteiger partial charge is 0.271 e. The van der Waals surface area contributed by atoms with Crippen LogP contribution in [0.2, 0.25) is 0 Å². The molecule has 0 saturated carbocycles. The molecule has 1 amide bonds. The fraction of sp³-hybridized carbons (Fsp3) is 0.400. The lowest BCUT2D eigenvalue weighted by Crippen LogP contribution is -2.54. The predicted octanol–water partition coefficient (Wildman–Crippen LogP) is -0.130. The summed E-state index contributed by atoms with van der Waals surface area (Å²) in [5.74, 6) is -0.402. The van der Waals surface area contributed by atoms with Crippen LogP contribution in [-0.4, -0.2) is 57.6 Å². The highest BCUT2D eigenvalue weighted by Crippen LogP contribution is 2.15. The molecule has 0 spiro atoms. The van der Waals surface area contributed by atoms with Crippen LogP contribution in [0.1, 0.15) is 16.9 Å². The van der Waals surface area contributed by atoms with Crippen molar-refractivity contribution in [1.29, 1.82) is 0 Å². The standard InChI is InChI=1S/C15H17N3O4/c19-8-13-14(20)11(5-6-22-13)18-15(21)12-7-16-9-3-1-2-4-10(9)17-12/h1-4,7,11,13-14,19-20H,5-6,8H2,(H,18,21)/t11-,13+,14-/m0/s1. The fourth-order valence-electron chi connectivity index (χ4n) is 2.50. The van der Waals surface area contributed by atoms with Crippen LogP contribution in [0.15, 0.2) is 30.5 Å². The fourth-order valence-corrected chi connectivity index (χ4v) is 2.50. The van der Waals surface area contributed by atoms with E-state index in [-0.39, 0.29) is 12.3 Å². The van der Waals surface area contributed by atoms with E-state index < -0.39 is 24.2 Å². The average Bonchev–Trinajstić information content (AvgIpc) is 2.56. The molecule has 0 radical (unpaired) electrons. The second kappa shape index (κ2) is 6.35. The molecule has 1 aliphatic rings. The van der Waals surface area contributed by atoms with E-state index in [0.717, 1.165) is 0 Å². The minimum Gasteiger partial charge on any atom is -0.394 e. The van der Waals surface area contributed by atoms with Crippen molar-refractivity contribution in [3.63, 3.8) is 0 Å². The van der Waals surface area contributed by atoms with Crippen LogP contribution in [0.4, 0.5) is 0 Å². The summed E-state index contributed by atoms with van der Waals surface area (Å²) in [5, 5.41) is 21.9. The molecule has 1 aromatic heterocycles. The molecule has 0 unspecified atom stereocenters. The maximum Gasteiger partial charge on any atom is 0.271 e. The normalized spacial score (nSPS) is 25.1. The maximum absolute atomic E-state index is 12.3. The topological polar surface area (TPSA) is 105 Å². The number of hydrogen-bond donors (Lipinski definition) is 3. The van der Waals surface area contributed by atoms with E-state index in [2.05, 4.69) is 15.3 Å². The Balaban J connectivity index is 1.75. The van der Waals surface area contributed by atoms with Gasteiger partial charge in [0.1, 0.15) is 17.9 Å². The summed E-state index contributed by atoms with van der Waals surface area (Å²) in [7, 11) is 0. The Morgan fingerprint density at radius 3 is 2.91 bits per heavy atom. The molecule has 0 aliphatic carbocycles. The Hall–Kier alpha value is -2.09. The number of fused-ring (bicyclic) bond motifs is 1.